The minimum atomic E-state index is -0.463. The van der Waals surface area contributed by atoms with E-state index >= 15 is 0 Å². The van der Waals surface area contributed by atoms with E-state index in [4.69, 9.17) is 11.6 Å². The second-order valence-electron chi connectivity index (χ2n) is 5.32. The number of benzene rings is 2. The summed E-state index contributed by atoms with van der Waals surface area (Å²) in [6.07, 6.45) is 0.590. The Morgan fingerprint density at radius 1 is 1.00 bits per heavy atom. The van der Waals surface area contributed by atoms with Crippen LogP contribution in [0.25, 0.3) is 0 Å². The SMILES string of the molecule is O=C1C(Cl)=C(Nc2cccc(Br)c2)C(=O)N1CCc1ccccc1. The summed E-state index contributed by atoms with van der Waals surface area (Å²) < 4.78 is 0.863. The van der Waals surface area contributed by atoms with Gasteiger partial charge in [-0.3, -0.25) is 14.5 Å². The summed E-state index contributed by atoms with van der Waals surface area (Å²) in [5.74, 6) is -0.865. The molecule has 0 fully saturated rings. The van der Waals surface area contributed by atoms with Gasteiger partial charge in [-0.1, -0.05) is 63.9 Å². The molecule has 3 rings (SSSR count). The van der Waals surface area contributed by atoms with Crippen molar-refractivity contribution in [1.29, 1.82) is 0 Å². The molecule has 0 saturated carbocycles. The van der Waals surface area contributed by atoms with Gasteiger partial charge in [0.1, 0.15) is 10.7 Å². The van der Waals surface area contributed by atoms with Gasteiger partial charge in [0.2, 0.25) is 0 Å². The first-order valence-corrected chi connectivity index (χ1v) is 8.56. The quantitative estimate of drug-likeness (QED) is 0.767. The number of halogens is 2. The molecule has 6 heteroatoms. The highest BCUT2D eigenvalue weighted by molar-refractivity contribution is 9.10. The number of carbonyl (C=O) groups is 2. The molecule has 1 N–H and O–H groups in total. The predicted octanol–water partition coefficient (Wildman–Crippen LogP) is 3.92. The van der Waals surface area contributed by atoms with Crippen LogP contribution >= 0.6 is 27.5 Å². The maximum Gasteiger partial charge on any atom is 0.278 e. The smallest absolute Gasteiger partial charge is 0.278 e. The van der Waals surface area contributed by atoms with Crippen LogP contribution in [0, 0.1) is 0 Å². The number of amides is 2. The molecular formula is C18H14BrClN2O2. The van der Waals surface area contributed by atoms with Crippen molar-refractivity contribution in [1.82, 2.24) is 4.90 Å². The van der Waals surface area contributed by atoms with Gasteiger partial charge in [-0.25, -0.2) is 0 Å². The second kappa shape index (κ2) is 7.20. The molecule has 0 aromatic heterocycles. The number of nitrogens with one attached hydrogen (secondary N) is 1. The Kier molecular flexibility index (Phi) is 5.02. The van der Waals surface area contributed by atoms with Crippen LogP contribution < -0.4 is 5.32 Å². The van der Waals surface area contributed by atoms with Crippen LogP contribution in [0.15, 0.2) is 69.8 Å². The summed E-state index contributed by atoms with van der Waals surface area (Å²) in [6, 6.07) is 17.0. The van der Waals surface area contributed by atoms with E-state index in [9.17, 15) is 9.59 Å². The zero-order valence-corrected chi connectivity index (χ0v) is 15.0. The van der Waals surface area contributed by atoms with Gasteiger partial charge in [-0.15, -0.1) is 0 Å². The number of hydrogen-bond donors (Lipinski definition) is 1. The molecule has 2 aromatic rings. The molecule has 24 heavy (non-hydrogen) atoms. The lowest BCUT2D eigenvalue weighted by Gasteiger charge is -2.15. The molecule has 0 unspecified atom stereocenters. The van der Waals surface area contributed by atoms with Crippen LogP contribution in [0.5, 0.6) is 0 Å². The first kappa shape index (κ1) is 16.7. The van der Waals surface area contributed by atoms with Gasteiger partial charge >= 0.3 is 0 Å². The van der Waals surface area contributed by atoms with Gasteiger partial charge in [-0.05, 0) is 30.2 Å². The Bertz CT molecular complexity index is 821. The number of rotatable bonds is 5. The molecule has 0 saturated heterocycles. The summed E-state index contributed by atoms with van der Waals surface area (Å²) in [5, 5.41) is 2.87. The lowest BCUT2D eigenvalue weighted by molar-refractivity contribution is -0.137. The van der Waals surface area contributed by atoms with E-state index in [0.29, 0.717) is 18.7 Å². The van der Waals surface area contributed by atoms with Gasteiger partial charge in [0, 0.05) is 16.7 Å². The Balaban J connectivity index is 1.72. The first-order valence-electron chi connectivity index (χ1n) is 7.39. The molecule has 0 spiro atoms. The summed E-state index contributed by atoms with van der Waals surface area (Å²) >= 11 is 9.45. The average molecular weight is 406 g/mol. The normalized spacial score (nSPS) is 14.5. The summed E-state index contributed by atoms with van der Waals surface area (Å²) in [7, 11) is 0. The molecule has 1 aliphatic rings. The van der Waals surface area contributed by atoms with Gasteiger partial charge in [-0.2, -0.15) is 0 Å². The monoisotopic (exact) mass is 404 g/mol. The van der Waals surface area contributed by atoms with Crippen LogP contribution in [0.4, 0.5) is 5.69 Å². The van der Waals surface area contributed by atoms with Crippen LogP contribution in [-0.2, 0) is 16.0 Å². The first-order chi connectivity index (χ1) is 11.6. The van der Waals surface area contributed by atoms with Crippen LogP contribution in [0.2, 0.25) is 0 Å². The lowest BCUT2D eigenvalue weighted by Crippen LogP contribution is -2.34. The van der Waals surface area contributed by atoms with Crippen LogP contribution in [0.1, 0.15) is 5.56 Å². The molecule has 0 bridgehead atoms. The van der Waals surface area contributed by atoms with Gasteiger partial charge in [0.15, 0.2) is 0 Å². The van der Waals surface area contributed by atoms with Crippen molar-refractivity contribution in [2.45, 2.75) is 6.42 Å². The lowest BCUT2D eigenvalue weighted by atomic mass is 10.1. The van der Waals surface area contributed by atoms with E-state index < -0.39 is 11.8 Å². The van der Waals surface area contributed by atoms with E-state index in [1.54, 1.807) is 6.07 Å². The zero-order valence-electron chi connectivity index (χ0n) is 12.6. The molecule has 2 amide bonds. The van der Waals surface area contributed by atoms with Crippen molar-refractivity contribution in [2.75, 3.05) is 11.9 Å². The summed E-state index contributed by atoms with van der Waals surface area (Å²) in [5.41, 5.74) is 1.86. The van der Waals surface area contributed by atoms with Crippen LogP contribution in [0.3, 0.4) is 0 Å². The van der Waals surface area contributed by atoms with Crippen molar-refractivity contribution < 1.29 is 9.59 Å². The molecule has 0 aliphatic carbocycles. The van der Waals surface area contributed by atoms with E-state index in [1.807, 2.05) is 48.5 Å². The molecule has 4 nitrogen and oxygen atoms in total. The van der Waals surface area contributed by atoms with E-state index in [2.05, 4.69) is 21.2 Å². The fourth-order valence-corrected chi connectivity index (χ4v) is 3.08. The number of hydrogen-bond acceptors (Lipinski definition) is 3. The Labute approximate surface area is 153 Å². The van der Waals surface area contributed by atoms with Crippen LogP contribution in [-0.4, -0.2) is 23.3 Å². The minimum Gasteiger partial charge on any atom is -0.350 e. The second-order valence-corrected chi connectivity index (χ2v) is 6.62. The highest BCUT2D eigenvalue weighted by Crippen LogP contribution is 2.26. The molecule has 122 valence electrons. The van der Waals surface area contributed by atoms with Gasteiger partial charge in [0.25, 0.3) is 11.8 Å². The summed E-state index contributed by atoms with van der Waals surface area (Å²) in [4.78, 5) is 26.0. The van der Waals surface area contributed by atoms with Crippen molar-refractivity contribution in [3.05, 3.63) is 75.4 Å². The number of nitrogens with zero attached hydrogens (tertiary/aromatic N) is 1. The molecular weight excluding hydrogens is 392 g/mol. The molecule has 1 heterocycles. The van der Waals surface area contributed by atoms with E-state index in [1.165, 1.54) is 4.90 Å². The molecule has 2 aromatic carbocycles. The van der Waals surface area contributed by atoms with Crippen molar-refractivity contribution in [2.24, 2.45) is 0 Å². The Morgan fingerprint density at radius 2 is 1.75 bits per heavy atom. The maximum absolute atomic E-state index is 12.5. The standard InChI is InChI=1S/C18H14BrClN2O2/c19-13-7-4-8-14(11-13)21-16-15(20)17(23)22(18(16)24)10-9-12-5-2-1-3-6-12/h1-8,11,21H,9-10H2. The van der Waals surface area contributed by atoms with Crippen molar-refractivity contribution in [3.63, 3.8) is 0 Å². The van der Waals surface area contributed by atoms with E-state index in [-0.39, 0.29) is 10.7 Å². The number of imide groups is 1. The van der Waals surface area contributed by atoms with Crippen molar-refractivity contribution >= 4 is 45.0 Å². The Morgan fingerprint density at radius 3 is 2.46 bits per heavy atom. The Hall–Kier alpha value is -2.11. The van der Waals surface area contributed by atoms with Crippen molar-refractivity contribution in [3.8, 4) is 0 Å². The summed E-state index contributed by atoms with van der Waals surface area (Å²) in [6.45, 7) is 0.293. The fourth-order valence-electron chi connectivity index (χ4n) is 2.45. The average Bonchev–Trinajstić information content (AvgIpc) is 2.78. The molecule has 0 radical (unpaired) electrons. The molecule has 0 atom stereocenters. The third-order valence-electron chi connectivity index (χ3n) is 3.67. The molecule has 1 aliphatic heterocycles. The third-order valence-corrected chi connectivity index (χ3v) is 4.52. The fraction of sp³-hybridized carbons (Fsp3) is 0.111. The zero-order chi connectivity index (χ0) is 17.1. The third kappa shape index (κ3) is 3.52. The number of carbonyl (C=O) groups excluding carboxylic acids is 2. The minimum absolute atomic E-state index is 0.0759. The largest absolute Gasteiger partial charge is 0.350 e. The van der Waals surface area contributed by atoms with E-state index in [0.717, 1.165) is 10.0 Å². The highest BCUT2D eigenvalue weighted by atomic mass is 79.9. The van der Waals surface area contributed by atoms with Gasteiger partial charge < -0.3 is 5.32 Å². The van der Waals surface area contributed by atoms with Gasteiger partial charge in [0.05, 0.1) is 0 Å². The highest BCUT2D eigenvalue weighted by Gasteiger charge is 2.37. The topological polar surface area (TPSA) is 49.4 Å². The maximum atomic E-state index is 12.5. The number of anilines is 1. The predicted molar refractivity (Wildman–Crippen MR) is 97.5 cm³/mol.